The highest BCUT2D eigenvalue weighted by Crippen LogP contribution is 2.32. The maximum absolute atomic E-state index is 12.4. The minimum absolute atomic E-state index is 0.0471. The molecular weight excluding hydrogens is 283 g/mol. The van der Waals surface area contributed by atoms with Gasteiger partial charge in [-0.3, -0.25) is 0 Å². The summed E-state index contributed by atoms with van der Waals surface area (Å²) in [5.41, 5.74) is 4.93. The molecule has 1 aromatic carbocycles. The summed E-state index contributed by atoms with van der Waals surface area (Å²) in [6.45, 7) is 0.321. The van der Waals surface area contributed by atoms with Gasteiger partial charge >= 0.3 is 6.18 Å². The van der Waals surface area contributed by atoms with E-state index < -0.39 is 21.8 Å². The third-order valence-corrected chi connectivity index (χ3v) is 2.91. The van der Waals surface area contributed by atoms with E-state index in [9.17, 15) is 21.6 Å². The van der Waals surface area contributed by atoms with Gasteiger partial charge in [-0.1, -0.05) is 0 Å². The summed E-state index contributed by atoms with van der Waals surface area (Å²) in [7, 11) is -3.28. The Morgan fingerprint density at radius 3 is 2.37 bits per heavy atom. The number of rotatable bonds is 5. The molecule has 0 saturated carbocycles. The predicted molar refractivity (Wildman–Crippen MR) is 67.2 cm³/mol. The average Bonchev–Trinajstić information content (AvgIpc) is 2.23. The van der Waals surface area contributed by atoms with Crippen molar-refractivity contribution in [1.82, 2.24) is 4.72 Å². The number of hydrogen-bond acceptors (Lipinski definition) is 4. The van der Waals surface area contributed by atoms with E-state index in [2.05, 4.69) is 10.0 Å². The minimum atomic E-state index is -4.44. The van der Waals surface area contributed by atoms with Gasteiger partial charge in [0.2, 0.25) is 10.0 Å². The number of benzene rings is 1. The molecule has 9 heteroatoms. The molecule has 0 unspecified atom stereocenters. The van der Waals surface area contributed by atoms with Crippen molar-refractivity contribution < 1.29 is 21.6 Å². The first-order valence-corrected chi connectivity index (χ1v) is 7.14. The van der Waals surface area contributed by atoms with Crippen LogP contribution >= 0.6 is 0 Å². The van der Waals surface area contributed by atoms with Crippen LogP contribution in [0, 0.1) is 0 Å². The van der Waals surface area contributed by atoms with E-state index in [4.69, 9.17) is 5.73 Å². The minimum Gasteiger partial charge on any atom is -0.397 e. The van der Waals surface area contributed by atoms with Crippen LogP contribution in [0.4, 0.5) is 24.5 Å². The van der Waals surface area contributed by atoms with Crippen LogP contribution in [-0.2, 0) is 16.2 Å². The standard InChI is InChI=1S/C10H14F3N3O2S/c1-19(17,18)16-5-4-15-9-3-2-7(6-8(9)14)10(11,12)13/h2-3,6,15-16H,4-5,14H2,1H3. The van der Waals surface area contributed by atoms with Gasteiger partial charge < -0.3 is 11.1 Å². The Kier molecular flexibility index (Phi) is 4.64. The molecule has 108 valence electrons. The second-order valence-electron chi connectivity index (χ2n) is 3.89. The van der Waals surface area contributed by atoms with Crippen LogP contribution in [0.25, 0.3) is 0 Å². The van der Waals surface area contributed by atoms with Gasteiger partial charge in [-0.25, -0.2) is 13.1 Å². The van der Waals surface area contributed by atoms with Crippen molar-refractivity contribution >= 4 is 21.4 Å². The Morgan fingerprint density at radius 2 is 1.89 bits per heavy atom. The van der Waals surface area contributed by atoms with Crippen molar-refractivity contribution in [3.8, 4) is 0 Å². The lowest BCUT2D eigenvalue weighted by Crippen LogP contribution is -2.27. The van der Waals surface area contributed by atoms with Gasteiger partial charge in [0.05, 0.1) is 23.2 Å². The van der Waals surface area contributed by atoms with E-state index in [1.807, 2.05) is 0 Å². The zero-order valence-corrected chi connectivity index (χ0v) is 10.9. The van der Waals surface area contributed by atoms with E-state index in [0.717, 1.165) is 18.4 Å². The zero-order valence-electron chi connectivity index (χ0n) is 10.1. The SMILES string of the molecule is CS(=O)(=O)NCCNc1ccc(C(F)(F)F)cc1N. The normalized spacial score (nSPS) is 12.4. The number of nitrogens with two attached hydrogens (primary N) is 1. The molecule has 0 aliphatic heterocycles. The number of alkyl halides is 3. The fourth-order valence-electron chi connectivity index (χ4n) is 1.33. The first kappa shape index (κ1) is 15.6. The summed E-state index contributed by atoms with van der Waals surface area (Å²) in [4.78, 5) is 0. The molecule has 4 N–H and O–H groups in total. The number of hydrogen-bond donors (Lipinski definition) is 3. The maximum atomic E-state index is 12.4. The van der Waals surface area contributed by atoms with E-state index in [0.29, 0.717) is 5.69 Å². The topological polar surface area (TPSA) is 84.2 Å². The third kappa shape index (κ3) is 5.35. The number of halogens is 3. The molecule has 0 saturated heterocycles. The van der Waals surface area contributed by atoms with Gasteiger partial charge in [-0.2, -0.15) is 13.2 Å². The van der Waals surface area contributed by atoms with Crippen LogP contribution in [0.15, 0.2) is 18.2 Å². The molecule has 5 nitrogen and oxygen atoms in total. The maximum Gasteiger partial charge on any atom is 0.416 e. The van der Waals surface area contributed by atoms with E-state index in [-0.39, 0.29) is 18.8 Å². The molecule has 0 spiro atoms. The fourth-order valence-corrected chi connectivity index (χ4v) is 1.81. The van der Waals surface area contributed by atoms with Crippen molar-refractivity contribution in [2.45, 2.75) is 6.18 Å². The quantitative estimate of drug-likeness (QED) is 0.564. The largest absolute Gasteiger partial charge is 0.416 e. The monoisotopic (exact) mass is 297 g/mol. The van der Waals surface area contributed by atoms with Crippen LogP contribution in [-0.4, -0.2) is 27.8 Å². The molecule has 0 amide bonds. The van der Waals surface area contributed by atoms with Crippen molar-refractivity contribution in [2.24, 2.45) is 0 Å². The van der Waals surface area contributed by atoms with Crippen LogP contribution < -0.4 is 15.8 Å². The number of sulfonamides is 1. The Bertz CT molecular complexity index is 543. The predicted octanol–water partition coefficient (Wildman–Crippen LogP) is 1.25. The summed E-state index contributed by atoms with van der Waals surface area (Å²) in [5.74, 6) is 0. The average molecular weight is 297 g/mol. The van der Waals surface area contributed by atoms with Gasteiger partial charge in [0.1, 0.15) is 0 Å². The smallest absolute Gasteiger partial charge is 0.397 e. The molecule has 0 heterocycles. The van der Waals surface area contributed by atoms with E-state index in [1.165, 1.54) is 6.07 Å². The highest BCUT2D eigenvalue weighted by atomic mass is 32.2. The lowest BCUT2D eigenvalue weighted by Gasteiger charge is -2.12. The number of anilines is 2. The molecule has 0 radical (unpaired) electrons. The van der Waals surface area contributed by atoms with Crippen LogP contribution in [0.3, 0.4) is 0 Å². The van der Waals surface area contributed by atoms with Crippen LogP contribution in [0.2, 0.25) is 0 Å². The van der Waals surface area contributed by atoms with E-state index >= 15 is 0 Å². The molecule has 0 atom stereocenters. The summed E-state index contributed by atoms with van der Waals surface area (Å²) >= 11 is 0. The molecule has 19 heavy (non-hydrogen) atoms. The van der Waals surface area contributed by atoms with E-state index in [1.54, 1.807) is 0 Å². The second kappa shape index (κ2) is 5.66. The van der Waals surface area contributed by atoms with Crippen molar-refractivity contribution in [1.29, 1.82) is 0 Å². The molecule has 0 aromatic heterocycles. The summed E-state index contributed by atoms with van der Waals surface area (Å²) in [5, 5.41) is 2.74. The first-order valence-electron chi connectivity index (χ1n) is 5.25. The highest BCUT2D eigenvalue weighted by molar-refractivity contribution is 7.88. The van der Waals surface area contributed by atoms with Crippen LogP contribution in [0.1, 0.15) is 5.56 Å². The molecule has 0 bridgehead atoms. The van der Waals surface area contributed by atoms with Crippen molar-refractivity contribution in [3.05, 3.63) is 23.8 Å². The summed E-state index contributed by atoms with van der Waals surface area (Å²) < 4.78 is 60.9. The summed E-state index contributed by atoms with van der Waals surface area (Å²) in [6.07, 6.45) is -3.43. The van der Waals surface area contributed by atoms with Gasteiger partial charge in [0.25, 0.3) is 0 Å². The fraction of sp³-hybridized carbons (Fsp3) is 0.400. The number of nitrogens with one attached hydrogen (secondary N) is 2. The Labute approximate surface area is 109 Å². The molecule has 1 rings (SSSR count). The lowest BCUT2D eigenvalue weighted by molar-refractivity contribution is -0.137. The second-order valence-corrected chi connectivity index (χ2v) is 5.73. The van der Waals surface area contributed by atoms with Gasteiger partial charge in [-0.05, 0) is 18.2 Å². The molecular formula is C10H14F3N3O2S. The third-order valence-electron chi connectivity index (χ3n) is 2.18. The first-order chi connectivity index (χ1) is 8.59. The van der Waals surface area contributed by atoms with Crippen molar-refractivity contribution in [3.63, 3.8) is 0 Å². The molecule has 1 aromatic rings. The van der Waals surface area contributed by atoms with Gasteiger partial charge in [-0.15, -0.1) is 0 Å². The molecule has 0 aliphatic rings. The Morgan fingerprint density at radius 1 is 1.26 bits per heavy atom. The van der Waals surface area contributed by atoms with Crippen molar-refractivity contribution in [2.75, 3.05) is 30.4 Å². The molecule has 0 fully saturated rings. The van der Waals surface area contributed by atoms with Gasteiger partial charge in [0.15, 0.2) is 0 Å². The number of nitrogen functional groups attached to an aromatic ring is 1. The lowest BCUT2D eigenvalue weighted by atomic mass is 10.1. The molecule has 0 aliphatic carbocycles. The highest BCUT2D eigenvalue weighted by Gasteiger charge is 2.30. The Balaban J connectivity index is 2.61. The van der Waals surface area contributed by atoms with Crippen LogP contribution in [0.5, 0.6) is 0 Å². The zero-order chi connectivity index (χ0) is 14.7. The summed E-state index contributed by atoms with van der Waals surface area (Å²) in [6, 6.07) is 2.94. The Hall–Kier alpha value is -1.48. The van der Waals surface area contributed by atoms with Gasteiger partial charge in [0, 0.05) is 13.1 Å².